The van der Waals surface area contributed by atoms with E-state index >= 15 is 0 Å². The monoisotopic (exact) mass is 583 g/mol. The Kier molecular flexibility index (Phi) is 9.90. The van der Waals surface area contributed by atoms with Gasteiger partial charge in [-0.25, -0.2) is 0 Å². The Morgan fingerprint density at radius 1 is 1.20 bits per heavy atom. The Labute approximate surface area is 248 Å². The summed E-state index contributed by atoms with van der Waals surface area (Å²) in [7, 11) is 0. The van der Waals surface area contributed by atoms with Crippen LogP contribution in [0.15, 0.2) is 49.6 Å². The molecular formula is C32H45N3O5S. The molecule has 1 aromatic carbocycles. The van der Waals surface area contributed by atoms with Crippen molar-refractivity contribution in [3.8, 4) is 5.75 Å². The molecule has 3 unspecified atom stereocenters. The second kappa shape index (κ2) is 13.0. The first kappa shape index (κ1) is 31.2. The molecule has 3 saturated heterocycles. The molecular weight excluding hydrogens is 538 g/mol. The third-order valence-corrected chi connectivity index (χ3v) is 11.0. The zero-order valence-corrected chi connectivity index (χ0v) is 25.6. The topological polar surface area (TPSA) is 90.4 Å². The Morgan fingerprint density at radius 2 is 1.88 bits per heavy atom. The van der Waals surface area contributed by atoms with Crippen LogP contribution < -0.4 is 9.64 Å². The molecule has 7 atom stereocenters. The number of rotatable bonds is 14. The van der Waals surface area contributed by atoms with Crippen LogP contribution in [0, 0.1) is 17.8 Å². The van der Waals surface area contributed by atoms with Gasteiger partial charge in [0.2, 0.25) is 17.7 Å². The molecule has 0 saturated carbocycles. The lowest BCUT2D eigenvalue weighted by molar-refractivity contribution is -0.145. The van der Waals surface area contributed by atoms with Gasteiger partial charge in [-0.05, 0) is 56.9 Å². The molecule has 1 N–H and O–H groups in total. The highest BCUT2D eigenvalue weighted by Crippen LogP contribution is 2.69. The number of likely N-dealkylation sites (tertiary alicyclic amines) is 1. The van der Waals surface area contributed by atoms with E-state index in [1.54, 1.807) is 45.5 Å². The zero-order chi connectivity index (χ0) is 29.9. The van der Waals surface area contributed by atoms with Crippen LogP contribution in [-0.4, -0.2) is 87.6 Å². The van der Waals surface area contributed by atoms with Gasteiger partial charge >= 0.3 is 0 Å². The van der Waals surface area contributed by atoms with Crippen molar-refractivity contribution < 1.29 is 24.2 Å². The first-order valence-corrected chi connectivity index (χ1v) is 15.7. The van der Waals surface area contributed by atoms with Gasteiger partial charge in [0.1, 0.15) is 11.8 Å². The van der Waals surface area contributed by atoms with Gasteiger partial charge in [-0.3, -0.25) is 14.4 Å². The third kappa shape index (κ3) is 5.31. The van der Waals surface area contributed by atoms with E-state index < -0.39 is 28.7 Å². The number of benzene rings is 1. The molecule has 3 fully saturated rings. The number of carbonyl (C=O) groups excluding carboxylic acids is 3. The van der Waals surface area contributed by atoms with Crippen LogP contribution in [0.3, 0.4) is 0 Å². The number of carbonyl (C=O) groups is 3. The highest BCUT2D eigenvalue weighted by molar-refractivity contribution is 8.02. The van der Waals surface area contributed by atoms with Crippen LogP contribution in [-0.2, 0) is 14.4 Å². The summed E-state index contributed by atoms with van der Waals surface area (Å²) >= 11 is 1.65. The van der Waals surface area contributed by atoms with Crippen molar-refractivity contribution >= 4 is 35.2 Å². The summed E-state index contributed by atoms with van der Waals surface area (Å²) < 4.78 is 4.84. The van der Waals surface area contributed by atoms with Crippen molar-refractivity contribution in [1.29, 1.82) is 0 Å². The average Bonchev–Trinajstić information content (AvgIpc) is 3.57. The van der Waals surface area contributed by atoms with E-state index in [-0.39, 0.29) is 35.5 Å². The summed E-state index contributed by atoms with van der Waals surface area (Å²) in [6.45, 7) is 17.2. The molecule has 4 rings (SSSR count). The molecule has 1 spiro atoms. The van der Waals surface area contributed by atoms with Crippen LogP contribution in [0.5, 0.6) is 5.75 Å². The molecule has 2 bridgehead atoms. The van der Waals surface area contributed by atoms with Crippen molar-refractivity contribution in [3.05, 3.63) is 49.6 Å². The molecule has 3 heterocycles. The molecule has 9 heteroatoms. The minimum absolute atomic E-state index is 0.0513. The van der Waals surface area contributed by atoms with Gasteiger partial charge in [0.05, 0.1) is 35.8 Å². The number of anilines is 1. The number of ether oxygens (including phenoxy) is 1. The van der Waals surface area contributed by atoms with Crippen LogP contribution >= 0.6 is 11.8 Å². The normalized spacial score (nSPS) is 28.8. The van der Waals surface area contributed by atoms with Crippen molar-refractivity contribution in [1.82, 2.24) is 9.80 Å². The minimum Gasteiger partial charge on any atom is -0.494 e. The van der Waals surface area contributed by atoms with Gasteiger partial charge in [0.15, 0.2) is 0 Å². The van der Waals surface area contributed by atoms with Gasteiger partial charge in [0.25, 0.3) is 0 Å². The zero-order valence-electron chi connectivity index (χ0n) is 24.8. The van der Waals surface area contributed by atoms with E-state index in [2.05, 4.69) is 27.0 Å². The van der Waals surface area contributed by atoms with E-state index in [4.69, 9.17) is 4.74 Å². The number of nitrogens with zero attached hydrogens (tertiary/aromatic N) is 3. The fourth-order valence-corrected chi connectivity index (χ4v) is 9.47. The van der Waals surface area contributed by atoms with Gasteiger partial charge in [-0.1, -0.05) is 32.4 Å². The van der Waals surface area contributed by atoms with Gasteiger partial charge in [-0.2, -0.15) is 0 Å². The number of aliphatic hydroxyl groups is 1. The van der Waals surface area contributed by atoms with Gasteiger partial charge < -0.3 is 24.5 Å². The lowest BCUT2D eigenvalue weighted by Crippen LogP contribution is -2.59. The highest BCUT2D eigenvalue weighted by atomic mass is 32.2. The predicted octanol–water partition coefficient (Wildman–Crippen LogP) is 4.14. The number of hydrogen-bond acceptors (Lipinski definition) is 6. The molecule has 3 aliphatic rings. The van der Waals surface area contributed by atoms with Crippen LogP contribution in [0.25, 0.3) is 0 Å². The van der Waals surface area contributed by atoms with Crippen LogP contribution in [0.2, 0.25) is 0 Å². The summed E-state index contributed by atoms with van der Waals surface area (Å²) in [6, 6.07) is 6.09. The Bertz CT molecular complexity index is 1140. The Hall–Kier alpha value is -2.78. The largest absolute Gasteiger partial charge is 0.494 e. The summed E-state index contributed by atoms with van der Waals surface area (Å²) in [5, 5.41) is 10.1. The van der Waals surface area contributed by atoms with Crippen molar-refractivity contribution in [3.63, 3.8) is 0 Å². The second-order valence-corrected chi connectivity index (χ2v) is 13.0. The number of amides is 3. The summed E-state index contributed by atoms with van der Waals surface area (Å²) in [4.78, 5) is 48.3. The smallest absolute Gasteiger partial charge is 0.247 e. The number of fused-ring (bicyclic) bond motifs is 1. The molecule has 0 aromatic heterocycles. The first-order chi connectivity index (χ1) is 19.7. The molecule has 0 aliphatic carbocycles. The maximum Gasteiger partial charge on any atom is 0.247 e. The van der Waals surface area contributed by atoms with Crippen LogP contribution in [0.1, 0.15) is 47.0 Å². The molecule has 41 heavy (non-hydrogen) atoms. The van der Waals surface area contributed by atoms with E-state index in [1.165, 1.54) is 0 Å². The molecule has 3 amide bonds. The van der Waals surface area contributed by atoms with Gasteiger partial charge in [0, 0.05) is 30.6 Å². The van der Waals surface area contributed by atoms with Crippen LogP contribution in [0.4, 0.5) is 5.69 Å². The van der Waals surface area contributed by atoms with Gasteiger partial charge in [-0.15, -0.1) is 24.9 Å². The number of thioether (sulfide) groups is 1. The number of hydrogen-bond donors (Lipinski definition) is 1. The van der Waals surface area contributed by atoms with E-state index in [9.17, 15) is 19.5 Å². The molecule has 8 nitrogen and oxygen atoms in total. The molecule has 3 aliphatic heterocycles. The van der Waals surface area contributed by atoms with Crippen molar-refractivity contribution in [2.24, 2.45) is 17.8 Å². The predicted molar refractivity (Wildman–Crippen MR) is 164 cm³/mol. The maximum atomic E-state index is 14.4. The van der Waals surface area contributed by atoms with E-state index in [1.807, 2.05) is 31.2 Å². The maximum absolute atomic E-state index is 14.4. The van der Waals surface area contributed by atoms with E-state index in [0.29, 0.717) is 31.9 Å². The summed E-state index contributed by atoms with van der Waals surface area (Å²) in [5.74, 6) is -0.902. The van der Waals surface area contributed by atoms with Crippen molar-refractivity contribution in [2.75, 3.05) is 37.7 Å². The average molecular weight is 584 g/mol. The second-order valence-electron chi connectivity index (χ2n) is 11.4. The van der Waals surface area contributed by atoms with Crippen molar-refractivity contribution in [2.45, 2.75) is 69.0 Å². The fourth-order valence-electron chi connectivity index (χ4n) is 7.07. The summed E-state index contributed by atoms with van der Waals surface area (Å²) in [5.41, 5.74) is 0.712. The molecule has 1 aromatic rings. The standard InChI is InChI=1S/C32H45N3O5S/c1-7-11-18-33(16-8-2)31(39)28-32-21(5)19-25(41-32)26(27(32)30(38)35(28)22(6)20-36)29(37)34(17-9-3)23-12-14-24(15-13-23)40-10-4/h8-9,12-15,21-22,25-28,36H,2-3,7,10-11,16-20H2,1,4-6H3/t21?,22-,25-,26+,27+,28?,32?/m1/s1. The highest BCUT2D eigenvalue weighted by Gasteiger charge is 2.76. The SMILES string of the molecule is C=CCN(CCCC)C(=O)C1N([C@H](C)CO)C(=O)[C@@H]2[C@@H](C(=O)N(CC=C)c3ccc(OCC)cc3)[C@H]3CC(C)C12S3. The van der Waals surface area contributed by atoms with E-state index in [0.717, 1.165) is 25.0 Å². The molecule has 224 valence electrons. The first-order valence-electron chi connectivity index (χ1n) is 14.9. The fraction of sp³-hybridized carbons (Fsp3) is 0.594. The minimum atomic E-state index is -0.750. The Balaban J connectivity index is 1.76. The lowest BCUT2D eigenvalue weighted by Gasteiger charge is -2.42. The third-order valence-electron chi connectivity index (χ3n) is 8.92. The summed E-state index contributed by atoms with van der Waals surface area (Å²) in [6.07, 6.45) is 5.94. The molecule has 0 radical (unpaired) electrons. The Morgan fingerprint density at radius 3 is 2.46 bits per heavy atom. The quantitative estimate of drug-likeness (QED) is 0.331. The lowest BCUT2D eigenvalue weighted by atomic mass is 9.65. The number of aliphatic hydroxyl groups excluding tert-OH is 1. The number of unbranched alkanes of at least 4 members (excludes halogenated alkanes) is 1.